The second-order valence-corrected chi connectivity index (χ2v) is 8.29. The minimum atomic E-state index is 0.519. The third kappa shape index (κ3) is 4.88. The van der Waals surface area contributed by atoms with Crippen LogP contribution in [0, 0.1) is 13.8 Å². The third-order valence-electron chi connectivity index (χ3n) is 6.17. The SMILES string of the molecule is C=C/C=C\c1c(C)c(C)c(C=C)n1-c1ccc(CN(/C(=N\N)c2ccccc2)c2cnccn2)cc1. The van der Waals surface area contributed by atoms with Crippen LogP contribution >= 0.6 is 0 Å². The maximum absolute atomic E-state index is 5.87. The molecule has 0 fully saturated rings. The van der Waals surface area contributed by atoms with Gasteiger partial charge in [-0.1, -0.05) is 67.8 Å². The zero-order valence-electron chi connectivity index (χ0n) is 20.7. The zero-order chi connectivity index (χ0) is 25.5. The standard InChI is InChI=1S/C30H30N6/c1-5-7-13-28-23(4)22(3)27(6-2)36(28)26-16-14-24(15-17-26)21-35(29-20-32-18-19-33-29)30(34-31)25-11-9-8-10-12-25/h5-20H,1-2,21,31H2,3-4H3/b13-7-,34-30-. The van der Waals surface area contributed by atoms with Gasteiger partial charge in [0.05, 0.1) is 12.7 Å². The van der Waals surface area contributed by atoms with E-state index < -0.39 is 0 Å². The average molecular weight is 475 g/mol. The quantitative estimate of drug-likeness (QED) is 0.111. The Kier molecular flexibility index (Phi) is 7.56. The fourth-order valence-corrected chi connectivity index (χ4v) is 4.25. The van der Waals surface area contributed by atoms with E-state index in [1.54, 1.807) is 24.7 Å². The minimum absolute atomic E-state index is 0.519. The Hall–Kier alpha value is -4.71. The molecule has 0 aliphatic rings. The summed E-state index contributed by atoms with van der Waals surface area (Å²) in [5.74, 6) is 7.15. The van der Waals surface area contributed by atoms with Gasteiger partial charge in [-0.25, -0.2) is 4.98 Å². The number of allylic oxidation sites excluding steroid dienone is 2. The van der Waals surface area contributed by atoms with E-state index in [2.05, 4.69) is 77.0 Å². The van der Waals surface area contributed by atoms with Crippen LogP contribution in [0.1, 0.15) is 33.6 Å². The van der Waals surface area contributed by atoms with Gasteiger partial charge in [0.25, 0.3) is 0 Å². The van der Waals surface area contributed by atoms with E-state index in [4.69, 9.17) is 5.84 Å². The first-order chi connectivity index (χ1) is 17.6. The number of hydrazone groups is 1. The first kappa shape index (κ1) is 24.4. The number of rotatable bonds is 8. The number of amidine groups is 1. The lowest BCUT2D eigenvalue weighted by molar-refractivity contribution is 0.949. The van der Waals surface area contributed by atoms with E-state index in [1.807, 2.05) is 47.4 Å². The molecule has 0 amide bonds. The number of hydrogen-bond acceptors (Lipinski definition) is 4. The molecule has 4 aromatic rings. The van der Waals surface area contributed by atoms with Crippen molar-refractivity contribution in [3.63, 3.8) is 0 Å². The van der Waals surface area contributed by atoms with Crippen molar-refractivity contribution in [3.05, 3.63) is 132 Å². The summed E-state index contributed by atoms with van der Waals surface area (Å²) >= 11 is 0. The lowest BCUT2D eigenvalue weighted by atomic mass is 10.1. The minimum Gasteiger partial charge on any atom is -0.321 e. The molecule has 36 heavy (non-hydrogen) atoms. The Morgan fingerprint density at radius 2 is 1.72 bits per heavy atom. The molecule has 2 N–H and O–H groups in total. The fourth-order valence-electron chi connectivity index (χ4n) is 4.25. The van der Waals surface area contributed by atoms with Gasteiger partial charge < -0.3 is 15.3 Å². The van der Waals surface area contributed by atoms with Gasteiger partial charge in [0.2, 0.25) is 0 Å². The van der Waals surface area contributed by atoms with Gasteiger partial charge >= 0.3 is 0 Å². The van der Waals surface area contributed by atoms with E-state index in [1.165, 1.54) is 11.1 Å². The summed E-state index contributed by atoms with van der Waals surface area (Å²) in [5, 5.41) is 4.12. The molecule has 0 aliphatic heterocycles. The smallest absolute Gasteiger partial charge is 0.161 e. The molecule has 6 heteroatoms. The normalized spacial score (nSPS) is 11.6. The highest BCUT2D eigenvalue weighted by Crippen LogP contribution is 2.28. The first-order valence-corrected chi connectivity index (χ1v) is 11.7. The Bertz CT molecular complexity index is 1400. The van der Waals surface area contributed by atoms with Crippen molar-refractivity contribution in [2.75, 3.05) is 4.90 Å². The summed E-state index contributed by atoms with van der Waals surface area (Å²) in [6, 6.07) is 18.3. The molecule has 0 spiro atoms. The molecule has 6 nitrogen and oxygen atoms in total. The Balaban J connectivity index is 1.73. The van der Waals surface area contributed by atoms with Crippen LogP contribution < -0.4 is 10.7 Å². The first-order valence-electron chi connectivity index (χ1n) is 11.7. The number of nitrogens with zero attached hydrogens (tertiary/aromatic N) is 5. The summed E-state index contributed by atoms with van der Waals surface area (Å²) in [6.45, 7) is 12.6. The van der Waals surface area contributed by atoms with E-state index >= 15 is 0 Å². The molecule has 0 unspecified atom stereocenters. The molecule has 4 rings (SSSR count). The molecule has 0 atom stereocenters. The molecule has 0 radical (unpaired) electrons. The van der Waals surface area contributed by atoms with Crippen molar-refractivity contribution in [1.29, 1.82) is 0 Å². The third-order valence-corrected chi connectivity index (χ3v) is 6.17. The highest BCUT2D eigenvalue weighted by molar-refractivity contribution is 6.09. The van der Waals surface area contributed by atoms with E-state index in [0.29, 0.717) is 18.2 Å². The van der Waals surface area contributed by atoms with Crippen molar-refractivity contribution in [3.8, 4) is 5.69 Å². The highest BCUT2D eigenvalue weighted by Gasteiger charge is 2.19. The van der Waals surface area contributed by atoms with Gasteiger partial charge in [-0.05, 0) is 54.8 Å². The molecule has 2 heterocycles. The van der Waals surface area contributed by atoms with Crippen LogP contribution in [0.3, 0.4) is 0 Å². The molecule has 180 valence electrons. The molecule has 0 aliphatic carbocycles. The maximum Gasteiger partial charge on any atom is 0.161 e. The van der Waals surface area contributed by atoms with Gasteiger partial charge in [0.1, 0.15) is 0 Å². The Morgan fingerprint density at radius 1 is 1.00 bits per heavy atom. The molecule has 2 aromatic carbocycles. The van der Waals surface area contributed by atoms with E-state index in [-0.39, 0.29) is 0 Å². The molecule has 2 aromatic heterocycles. The van der Waals surface area contributed by atoms with Crippen molar-refractivity contribution >= 4 is 23.8 Å². The Labute approximate surface area is 212 Å². The molecule has 0 saturated heterocycles. The van der Waals surface area contributed by atoms with Gasteiger partial charge in [-0.2, -0.15) is 5.10 Å². The predicted octanol–water partition coefficient (Wildman–Crippen LogP) is 6.05. The summed E-state index contributed by atoms with van der Waals surface area (Å²) in [7, 11) is 0. The molecule has 0 bridgehead atoms. The van der Waals surface area contributed by atoms with Crippen LogP contribution in [0.15, 0.2) is 104 Å². The van der Waals surface area contributed by atoms with Crippen LogP contribution in [-0.4, -0.2) is 20.4 Å². The van der Waals surface area contributed by atoms with Crippen molar-refractivity contribution in [2.45, 2.75) is 20.4 Å². The zero-order valence-corrected chi connectivity index (χ0v) is 20.7. The molecular formula is C30H30N6. The second kappa shape index (κ2) is 11.1. The van der Waals surface area contributed by atoms with Crippen LogP contribution in [0.25, 0.3) is 17.8 Å². The Morgan fingerprint density at radius 3 is 2.33 bits per heavy atom. The highest BCUT2D eigenvalue weighted by atomic mass is 15.3. The number of nitrogens with two attached hydrogens (primary N) is 1. The molecular weight excluding hydrogens is 444 g/mol. The van der Waals surface area contributed by atoms with Crippen molar-refractivity contribution < 1.29 is 0 Å². The summed E-state index contributed by atoms with van der Waals surface area (Å²) < 4.78 is 2.22. The van der Waals surface area contributed by atoms with Gasteiger partial charge in [0, 0.05) is 35.0 Å². The van der Waals surface area contributed by atoms with Gasteiger partial charge in [-0.3, -0.25) is 4.98 Å². The number of anilines is 1. The maximum atomic E-state index is 5.87. The monoisotopic (exact) mass is 474 g/mol. The van der Waals surface area contributed by atoms with Crippen LogP contribution in [0.2, 0.25) is 0 Å². The summed E-state index contributed by atoms with van der Waals surface area (Å²) in [6.07, 6.45) is 12.7. The molecule has 0 saturated carbocycles. The lowest BCUT2D eigenvalue weighted by Gasteiger charge is -2.25. The largest absolute Gasteiger partial charge is 0.321 e. The number of aromatic nitrogens is 3. The van der Waals surface area contributed by atoms with Crippen LogP contribution in [0.4, 0.5) is 5.82 Å². The number of hydrogen-bond donors (Lipinski definition) is 1. The average Bonchev–Trinajstić information content (AvgIpc) is 3.17. The predicted molar refractivity (Wildman–Crippen MR) is 150 cm³/mol. The van der Waals surface area contributed by atoms with Crippen LogP contribution in [-0.2, 0) is 6.54 Å². The topological polar surface area (TPSA) is 72.3 Å². The van der Waals surface area contributed by atoms with Crippen molar-refractivity contribution in [2.24, 2.45) is 10.9 Å². The van der Waals surface area contributed by atoms with Crippen LogP contribution in [0.5, 0.6) is 0 Å². The van der Waals surface area contributed by atoms with E-state index in [9.17, 15) is 0 Å². The fraction of sp³-hybridized carbons (Fsp3) is 0.100. The van der Waals surface area contributed by atoms with Gasteiger partial charge in [-0.15, -0.1) is 0 Å². The number of benzene rings is 2. The lowest BCUT2D eigenvalue weighted by Crippen LogP contribution is -2.33. The second-order valence-electron chi connectivity index (χ2n) is 8.29. The summed E-state index contributed by atoms with van der Waals surface area (Å²) in [4.78, 5) is 10.7. The van der Waals surface area contributed by atoms with E-state index in [0.717, 1.165) is 28.2 Å². The summed E-state index contributed by atoms with van der Waals surface area (Å²) in [5.41, 5.74) is 7.63. The van der Waals surface area contributed by atoms with Gasteiger partial charge in [0.15, 0.2) is 11.7 Å². The van der Waals surface area contributed by atoms with Crippen molar-refractivity contribution in [1.82, 2.24) is 14.5 Å².